The molecule has 0 saturated carbocycles. The Bertz CT molecular complexity index is 341. The monoisotopic (exact) mass is 199 g/mol. The van der Waals surface area contributed by atoms with Crippen LogP contribution in [-0.4, -0.2) is 4.98 Å². The second-order valence-corrected chi connectivity index (χ2v) is 3.39. The minimum atomic E-state index is 0. The van der Waals surface area contributed by atoms with Crippen LogP contribution in [0.1, 0.15) is 31.5 Å². The van der Waals surface area contributed by atoms with Gasteiger partial charge in [0.2, 0.25) is 0 Å². The van der Waals surface area contributed by atoms with E-state index in [-0.39, 0.29) is 7.43 Å². The Hall–Kier alpha value is -1.63. The highest BCUT2D eigenvalue weighted by atomic mass is 14.7. The summed E-state index contributed by atoms with van der Waals surface area (Å²) in [6, 6.07) is 16.5. The molecule has 1 nitrogen and oxygen atoms in total. The van der Waals surface area contributed by atoms with E-state index in [0.29, 0.717) is 5.92 Å². The van der Waals surface area contributed by atoms with Crippen LogP contribution in [-0.2, 0) is 0 Å². The van der Waals surface area contributed by atoms with Gasteiger partial charge in [-0.3, -0.25) is 4.98 Å². The lowest BCUT2D eigenvalue weighted by Crippen LogP contribution is -1.97. The van der Waals surface area contributed by atoms with Gasteiger partial charge in [-0.25, -0.2) is 0 Å². The minimum Gasteiger partial charge on any atom is -0.261 e. The molecule has 2 aromatic rings. The van der Waals surface area contributed by atoms with Crippen LogP contribution >= 0.6 is 0 Å². The third-order valence-corrected chi connectivity index (χ3v) is 2.43. The number of aromatic nitrogens is 1. The number of benzene rings is 1. The standard InChI is InChI=1S/C13H13N.CH4/c1-11(12-7-3-2-4-8-12)13-9-5-6-10-14-13;/h2-11H,1H3;1H4. The summed E-state index contributed by atoms with van der Waals surface area (Å²) in [7, 11) is 0. The van der Waals surface area contributed by atoms with E-state index in [0.717, 1.165) is 5.69 Å². The molecule has 1 heterocycles. The minimum absolute atomic E-state index is 0. The predicted molar refractivity (Wildman–Crippen MR) is 64.9 cm³/mol. The lowest BCUT2D eigenvalue weighted by atomic mass is 9.97. The predicted octanol–water partition coefficient (Wildman–Crippen LogP) is 3.87. The molecule has 0 amide bonds. The normalized spacial score (nSPS) is 11.5. The van der Waals surface area contributed by atoms with Crippen LogP contribution in [0.15, 0.2) is 54.7 Å². The van der Waals surface area contributed by atoms with Crippen molar-refractivity contribution in [3.63, 3.8) is 0 Å². The number of rotatable bonds is 2. The van der Waals surface area contributed by atoms with E-state index in [1.807, 2.05) is 24.4 Å². The number of hydrogen-bond acceptors (Lipinski definition) is 1. The van der Waals surface area contributed by atoms with Gasteiger partial charge in [0.25, 0.3) is 0 Å². The van der Waals surface area contributed by atoms with Crippen molar-refractivity contribution < 1.29 is 0 Å². The van der Waals surface area contributed by atoms with Crippen molar-refractivity contribution in [1.82, 2.24) is 4.98 Å². The fraction of sp³-hybridized carbons (Fsp3) is 0.214. The molecule has 0 aliphatic carbocycles. The Balaban J connectivity index is 0.00000112. The third kappa shape index (κ3) is 2.66. The van der Waals surface area contributed by atoms with Gasteiger partial charge in [-0.05, 0) is 17.7 Å². The van der Waals surface area contributed by atoms with Gasteiger partial charge in [0.15, 0.2) is 0 Å². The van der Waals surface area contributed by atoms with Gasteiger partial charge in [0, 0.05) is 17.8 Å². The average molecular weight is 199 g/mol. The number of nitrogens with zero attached hydrogens (tertiary/aromatic N) is 1. The largest absolute Gasteiger partial charge is 0.261 e. The van der Waals surface area contributed by atoms with Crippen molar-refractivity contribution in [2.75, 3.05) is 0 Å². The fourth-order valence-corrected chi connectivity index (χ4v) is 1.54. The fourth-order valence-electron chi connectivity index (χ4n) is 1.54. The molecule has 0 fully saturated rings. The van der Waals surface area contributed by atoms with Crippen LogP contribution in [0.3, 0.4) is 0 Å². The third-order valence-electron chi connectivity index (χ3n) is 2.43. The molecule has 0 N–H and O–H groups in total. The van der Waals surface area contributed by atoms with Crippen molar-refractivity contribution in [3.8, 4) is 0 Å². The Morgan fingerprint density at radius 3 is 2.20 bits per heavy atom. The maximum atomic E-state index is 4.36. The summed E-state index contributed by atoms with van der Waals surface area (Å²) in [6.45, 7) is 2.18. The summed E-state index contributed by atoms with van der Waals surface area (Å²) in [6.07, 6.45) is 1.84. The molecule has 0 aliphatic rings. The van der Waals surface area contributed by atoms with Crippen molar-refractivity contribution in [2.24, 2.45) is 0 Å². The zero-order valence-electron chi connectivity index (χ0n) is 8.22. The smallest absolute Gasteiger partial charge is 0.0475 e. The lowest BCUT2D eigenvalue weighted by molar-refractivity contribution is 0.871. The Labute approximate surface area is 91.8 Å². The molecule has 0 bridgehead atoms. The summed E-state index contributed by atoms with van der Waals surface area (Å²) in [4.78, 5) is 4.36. The molecule has 78 valence electrons. The zero-order chi connectivity index (χ0) is 9.80. The maximum Gasteiger partial charge on any atom is 0.0475 e. The molecule has 0 spiro atoms. The van der Waals surface area contributed by atoms with E-state index >= 15 is 0 Å². The van der Waals surface area contributed by atoms with E-state index in [1.165, 1.54) is 5.56 Å². The molecule has 1 heteroatoms. The highest BCUT2D eigenvalue weighted by Crippen LogP contribution is 2.21. The molecule has 0 radical (unpaired) electrons. The molecule has 0 saturated heterocycles. The average Bonchev–Trinajstić information content (AvgIpc) is 2.30. The van der Waals surface area contributed by atoms with Crippen molar-refractivity contribution in [2.45, 2.75) is 20.3 Å². The topological polar surface area (TPSA) is 12.9 Å². The summed E-state index contributed by atoms with van der Waals surface area (Å²) in [5.74, 6) is 0.373. The lowest BCUT2D eigenvalue weighted by Gasteiger charge is -2.10. The summed E-state index contributed by atoms with van der Waals surface area (Å²) in [5, 5.41) is 0. The first-order chi connectivity index (χ1) is 6.88. The molecule has 1 atom stereocenters. The molecule has 2 rings (SSSR count). The quantitative estimate of drug-likeness (QED) is 0.715. The molecule has 0 aliphatic heterocycles. The molecule has 1 unspecified atom stereocenters. The van der Waals surface area contributed by atoms with E-state index in [2.05, 4.69) is 42.2 Å². The van der Waals surface area contributed by atoms with Crippen LogP contribution in [0.5, 0.6) is 0 Å². The van der Waals surface area contributed by atoms with Crippen LogP contribution in [0, 0.1) is 0 Å². The number of pyridine rings is 1. The van der Waals surface area contributed by atoms with Crippen LogP contribution < -0.4 is 0 Å². The first-order valence-corrected chi connectivity index (χ1v) is 4.84. The van der Waals surface area contributed by atoms with Crippen LogP contribution in [0.4, 0.5) is 0 Å². The summed E-state index contributed by atoms with van der Waals surface area (Å²) < 4.78 is 0. The SMILES string of the molecule is C.CC(c1ccccc1)c1ccccn1. The zero-order valence-corrected chi connectivity index (χ0v) is 8.22. The molecular weight excluding hydrogens is 182 g/mol. The summed E-state index contributed by atoms with van der Waals surface area (Å²) >= 11 is 0. The molecular formula is C14H17N. The highest BCUT2D eigenvalue weighted by molar-refractivity contribution is 5.27. The second kappa shape index (κ2) is 5.30. The Morgan fingerprint density at radius 1 is 0.933 bits per heavy atom. The maximum absolute atomic E-state index is 4.36. The van der Waals surface area contributed by atoms with Gasteiger partial charge in [0.1, 0.15) is 0 Å². The van der Waals surface area contributed by atoms with Gasteiger partial charge >= 0.3 is 0 Å². The summed E-state index contributed by atoms with van der Waals surface area (Å²) in [5.41, 5.74) is 2.44. The van der Waals surface area contributed by atoms with Gasteiger partial charge in [-0.1, -0.05) is 50.7 Å². The van der Waals surface area contributed by atoms with Crippen molar-refractivity contribution in [3.05, 3.63) is 66.0 Å². The van der Waals surface area contributed by atoms with E-state index in [1.54, 1.807) is 0 Å². The van der Waals surface area contributed by atoms with Crippen LogP contribution in [0.2, 0.25) is 0 Å². The first kappa shape index (κ1) is 11.4. The van der Waals surface area contributed by atoms with Gasteiger partial charge in [-0.2, -0.15) is 0 Å². The van der Waals surface area contributed by atoms with Crippen LogP contribution in [0.25, 0.3) is 0 Å². The first-order valence-electron chi connectivity index (χ1n) is 4.84. The Kier molecular flexibility index (Phi) is 4.04. The molecule has 15 heavy (non-hydrogen) atoms. The van der Waals surface area contributed by atoms with Crippen molar-refractivity contribution in [1.29, 1.82) is 0 Å². The van der Waals surface area contributed by atoms with Gasteiger partial charge in [0.05, 0.1) is 0 Å². The van der Waals surface area contributed by atoms with E-state index in [4.69, 9.17) is 0 Å². The van der Waals surface area contributed by atoms with Gasteiger partial charge in [-0.15, -0.1) is 0 Å². The second-order valence-electron chi connectivity index (χ2n) is 3.39. The number of hydrogen-bond donors (Lipinski definition) is 0. The molecule has 1 aromatic carbocycles. The van der Waals surface area contributed by atoms with E-state index in [9.17, 15) is 0 Å². The Morgan fingerprint density at radius 2 is 1.60 bits per heavy atom. The van der Waals surface area contributed by atoms with E-state index < -0.39 is 0 Å². The van der Waals surface area contributed by atoms with Crippen molar-refractivity contribution >= 4 is 0 Å². The van der Waals surface area contributed by atoms with Gasteiger partial charge < -0.3 is 0 Å². The molecule has 1 aromatic heterocycles. The highest BCUT2D eigenvalue weighted by Gasteiger charge is 2.07.